The van der Waals surface area contributed by atoms with Gasteiger partial charge in [0.1, 0.15) is 12.1 Å². The lowest BCUT2D eigenvalue weighted by atomic mass is 9.95. The molecule has 1 aliphatic heterocycles. The molecule has 0 bridgehead atoms. The zero-order valence-electron chi connectivity index (χ0n) is 13.0. The van der Waals surface area contributed by atoms with Crippen molar-refractivity contribution in [2.45, 2.75) is 30.5 Å². The number of carbonyl (C=O) groups is 1. The molecule has 0 spiro atoms. The van der Waals surface area contributed by atoms with Gasteiger partial charge in [-0.1, -0.05) is 23.9 Å². The Bertz CT molecular complexity index is 673. The number of halogens is 1. The van der Waals surface area contributed by atoms with E-state index in [9.17, 15) is 9.18 Å². The molecule has 1 fully saturated rings. The summed E-state index contributed by atoms with van der Waals surface area (Å²) >= 11 is 1.39. The second-order valence-corrected chi connectivity index (χ2v) is 6.61. The van der Waals surface area contributed by atoms with Gasteiger partial charge in [0.2, 0.25) is 5.91 Å². The van der Waals surface area contributed by atoms with Gasteiger partial charge >= 0.3 is 0 Å². The molecular formula is C16H19FN4OS. The normalized spacial score (nSPS) is 18.2. The average molecular weight is 334 g/mol. The summed E-state index contributed by atoms with van der Waals surface area (Å²) in [7, 11) is 1.86. The molecule has 0 radical (unpaired) electrons. The third-order valence-corrected chi connectivity index (χ3v) is 5.09. The number of carbonyl (C=O) groups excluding carboxylic acids is 1. The minimum absolute atomic E-state index is 0.0388. The topological polar surface area (TPSA) is 51.0 Å². The molecule has 1 amide bonds. The van der Waals surface area contributed by atoms with Gasteiger partial charge in [0.05, 0.1) is 11.8 Å². The molecule has 1 atom stereocenters. The summed E-state index contributed by atoms with van der Waals surface area (Å²) in [6, 6.07) is 6.52. The van der Waals surface area contributed by atoms with Crippen molar-refractivity contribution in [1.82, 2.24) is 19.7 Å². The number of likely N-dealkylation sites (tertiary alicyclic amines) is 1. The molecule has 1 saturated heterocycles. The second kappa shape index (κ2) is 7.12. The van der Waals surface area contributed by atoms with Crippen LogP contribution in [0, 0.1) is 5.82 Å². The number of rotatable bonds is 4. The van der Waals surface area contributed by atoms with Crippen molar-refractivity contribution in [3.05, 3.63) is 42.0 Å². The Balaban J connectivity index is 1.69. The van der Waals surface area contributed by atoms with Crippen LogP contribution < -0.4 is 0 Å². The first kappa shape index (κ1) is 16.0. The lowest BCUT2D eigenvalue weighted by molar-refractivity contribution is -0.132. The van der Waals surface area contributed by atoms with E-state index in [4.69, 9.17) is 0 Å². The van der Waals surface area contributed by atoms with Gasteiger partial charge in [-0.15, -0.1) is 10.2 Å². The highest BCUT2D eigenvalue weighted by molar-refractivity contribution is 7.99. The number of nitrogens with zero attached hydrogens (tertiary/aromatic N) is 4. The van der Waals surface area contributed by atoms with E-state index < -0.39 is 0 Å². The number of aryl methyl sites for hydroxylation is 1. The van der Waals surface area contributed by atoms with Crippen LogP contribution >= 0.6 is 11.8 Å². The highest BCUT2D eigenvalue weighted by Crippen LogP contribution is 2.31. The molecule has 0 saturated carbocycles. The van der Waals surface area contributed by atoms with E-state index in [0.717, 1.165) is 36.5 Å². The summed E-state index contributed by atoms with van der Waals surface area (Å²) in [5.74, 6) is 0.178. The fourth-order valence-electron chi connectivity index (χ4n) is 2.87. The monoisotopic (exact) mass is 334 g/mol. The quantitative estimate of drug-likeness (QED) is 0.807. The van der Waals surface area contributed by atoms with Crippen molar-refractivity contribution in [1.29, 1.82) is 0 Å². The smallest absolute Gasteiger partial charge is 0.233 e. The van der Waals surface area contributed by atoms with Gasteiger partial charge in [0.25, 0.3) is 0 Å². The zero-order chi connectivity index (χ0) is 16.2. The van der Waals surface area contributed by atoms with Crippen LogP contribution in [0.25, 0.3) is 0 Å². The van der Waals surface area contributed by atoms with E-state index >= 15 is 0 Å². The van der Waals surface area contributed by atoms with Gasteiger partial charge in [-0.25, -0.2) is 4.39 Å². The lowest BCUT2D eigenvalue weighted by Gasteiger charge is -2.36. The van der Waals surface area contributed by atoms with Gasteiger partial charge in [-0.3, -0.25) is 4.79 Å². The number of hydrogen-bond donors (Lipinski definition) is 0. The molecule has 2 heterocycles. The largest absolute Gasteiger partial charge is 0.335 e. The summed E-state index contributed by atoms with van der Waals surface area (Å²) in [5.41, 5.74) is 1.00. The number of hydrogen-bond acceptors (Lipinski definition) is 4. The molecule has 1 aromatic heterocycles. The van der Waals surface area contributed by atoms with E-state index in [-0.39, 0.29) is 17.8 Å². The maximum Gasteiger partial charge on any atom is 0.233 e. The molecule has 1 aliphatic rings. The van der Waals surface area contributed by atoms with E-state index in [0.29, 0.717) is 5.75 Å². The van der Waals surface area contributed by atoms with E-state index in [1.807, 2.05) is 11.9 Å². The Kier molecular flexibility index (Phi) is 4.95. The maximum atomic E-state index is 13.1. The number of thioether (sulfide) groups is 1. The molecule has 0 aliphatic carbocycles. The lowest BCUT2D eigenvalue weighted by Crippen LogP contribution is -2.39. The summed E-state index contributed by atoms with van der Waals surface area (Å²) in [6.45, 7) is 0.750. The van der Waals surface area contributed by atoms with Gasteiger partial charge in [0.15, 0.2) is 5.16 Å². The number of aromatic nitrogens is 3. The third-order valence-electron chi connectivity index (χ3n) is 4.07. The fourth-order valence-corrected chi connectivity index (χ4v) is 3.65. The Labute approximate surface area is 138 Å². The molecule has 2 aromatic rings. The van der Waals surface area contributed by atoms with Gasteiger partial charge in [-0.05, 0) is 37.0 Å². The van der Waals surface area contributed by atoms with E-state index in [2.05, 4.69) is 10.2 Å². The van der Waals surface area contributed by atoms with Crippen LogP contribution in [0.3, 0.4) is 0 Å². The predicted molar refractivity (Wildman–Crippen MR) is 86.4 cm³/mol. The predicted octanol–water partition coefficient (Wildman–Crippen LogP) is 2.80. The van der Waals surface area contributed by atoms with Gasteiger partial charge in [-0.2, -0.15) is 0 Å². The highest BCUT2D eigenvalue weighted by Gasteiger charge is 2.28. The molecule has 1 unspecified atom stereocenters. The second-order valence-electron chi connectivity index (χ2n) is 5.66. The Morgan fingerprint density at radius 2 is 2.13 bits per heavy atom. The first-order chi connectivity index (χ1) is 11.1. The van der Waals surface area contributed by atoms with Crippen molar-refractivity contribution in [3.63, 3.8) is 0 Å². The number of amides is 1. The van der Waals surface area contributed by atoms with Gasteiger partial charge in [0, 0.05) is 13.6 Å². The van der Waals surface area contributed by atoms with Crippen LogP contribution in [0.4, 0.5) is 4.39 Å². The van der Waals surface area contributed by atoms with Crippen molar-refractivity contribution < 1.29 is 9.18 Å². The summed E-state index contributed by atoms with van der Waals surface area (Å²) in [5, 5.41) is 8.53. The Hall–Kier alpha value is -1.89. The molecule has 23 heavy (non-hydrogen) atoms. The first-order valence-electron chi connectivity index (χ1n) is 7.67. The van der Waals surface area contributed by atoms with E-state index in [1.165, 1.54) is 23.9 Å². The minimum atomic E-state index is -0.250. The highest BCUT2D eigenvalue weighted by atomic mass is 32.2. The standard InChI is InChI=1S/C16H19FN4OS/c1-20-11-18-19-16(20)23-10-15(22)21-9-3-2-4-14(21)12-5-7-13(17)8-6-12/h5-8,11,14H,2-4,9-10H2,1H3. The third kappa shape index (κ3) is 3.72. The maximum absolute atomic E-state index is 13.1. The van der Waals surface area contributed by atoms with E-state index in [1.54, 1.807) is 23.0 Å². The molecule has 1 aromatic carbocycles. The Morgan fingerprint density at radius 1 is 1.35 bits per heavy atom. The minimum Gasteiger partial charge on any atom is -0.335 e. The molecule has 5 nitrogen and oxygen atoms in total. The molecule has 7 heteroatoms. The first-order valence-corrected chi connectivity index (χ1v) is 8.65. The zero-order valence-corrected chi connectivity index (χ0v) is 13.8. The van der Waals surface area contributed by atoms with Crippen molar-refractivity contribution in [2.75, 3.05) is 12.3 Å². The summed E-state index contributed by atoms with van der Waals surface area (Å²) in [4.78, 5) is 14.5. The molecular weight excluding hydrogens is 315 g/mol. The molecule has 122 valence electrons. The molecule has 3 rings (SSSR count). The SMILES string of the molecule is Cn1cnnc1SCC(=O)N1CCCCC1c1ccc(F)cc1. The van der Waals surface area contributed by atoms with Crippen LogP contribution in [0.15, 0.2) is 35.7 Å². The van der Waals surface area contributed by atoms with Crippen molar-refractivity contribution >= 4 is 17.7 Å². The Morgan fingerprint density at radius 3 is 2.83 bits per heavy atom. The fraction of sp³-hybridized carbons (Fsp3) is 0.438. The molecule has 0 N–H and O–H groups in total. The van der Waals surface area contributed by atoms with Crippen LogP contribution in [-0.4, -0.2) is 37.9 Å². The van der Waals surface area contributed by atoms with Crippen molar-refractivity contribution in [2.24, 2.45) is 7.05 Å². The summed E-state index contributed by atoms with van der Waals surface area (Å²) < 4.78 is 14.9. The van der Waals surface area contributed by atoms with Crippen LogP contribution in [0.5, 0.6) is 0 Å². The summed E-state index contributed by atoms with van der Waals surface area (Å²) in [6.07, 6.45) is 4.64. The van der Waals surface area contributed by atoms with Crippen LogP contribution in [0.1, 0.15) is 30.9 Å². The van der Waals surface area contributed by atoms with Crippen molar-refractivity contribution in [3.8, 4) is 0 Å². The number of benzene rings is 1. The number of piperidine rings is 1. The average Bonchev–Trinajstić information content (AvgIpc) is 2.98. The van der Waals surface area contributed by atoms with Crippen LogP contribution in [0.2, 0.25) is 0 Å². The van der Waals surface area contributed by atoms with Crippen LogP contribution in [-0.2, 0) is 11.8 Å². The van der Waals surface area contributed by atoms with Gasteiger partial charge < -0.3 is 9.47 Å².